The molecule has 2 aliphatic rings. The maximum atomic E-state index is 12.6. The first-order valence-corrected chi connectivity index (χ1v) is 11.5. The fourth-order valence-corrected chi connectivity index (χ4v) is 4.55. The van der Waals surface area contributed by atoms with E-state index < -0.39 is 10.0 Å². The van der Waals surface area contributed by atoms with Crippen LogP contribution in [0.25, 0.3) is 0 Å². The summed E-state index contributed by atoms with van der Waals surface area (Å²) in [6, 6.07) is 5.02. The van der Waals surface area contributed by atoms with Crippen LogP contribution in [-0.2, 0) is 26.0 Å². The summed E-state index contributed by atoms with van der Waals surface area (Å²) in [4.78, 5) is 26.3. The minimum absolute atomic E-state index is 0.0401. The lowest BCUT2D eigenvalue weighted by Gasteiger charge is -2.22. The van der Waals surface area contributed by atoms with Crippen LogP contribution in [0.2, 0.25) is 0 Å². The zero-order chi connectivity index (χ0) is 20.5. The Morgan fingerprint density at radius 1 is 1.29 bits per heavy atom. The average molecular weight is 408 g/mol. The van der Waals surface area contributed by atoms with Gasteiger partial charge < -0.3 is 10.2 Å². The Labute approximate surface area is 166 Å². The Morgan fingerprint density at radius 3 is 2.64 bits per heavy atom. The molecule has 1 aliphatic carbocycles. The number of sulfonamides is 1. The van der Waals surface area contributed by atoms with Crippen LogP contribution in [0.3, 0.4) is 0 Å². The van der Waals surface area contributed by atoms with E-state index in [2.05, 4.69) is 10.0 Å². The van der Waals surface area contributed by atoms with E-state index in [9.17, 15) is 18.0 Å². The molecule has 0 spiro atoms. The molecule has 154 valence electrons. The van der Waals surface area contributed by atoms with Crippen molar-refractivity contribution in [2.75, 3.05) is 11.4 Å². The van der Waals surface area contributed by atoms with Gasteiger partial charge in [0.05, 0.1) is 4.90 Å². The van der Waals surface area contributed by atoms with Crippen LogP contribution in [-0.4, -0.2) is 38.9 Å². The maximum absolute atomic E-state index is 12.6. The van der Waals surface area contributed by atoms with Gasteiger partial charge in [0.15, 0.2) is 0 Å². The van der Waals surface area contributed by atoms with E-state index in [0.717, 1.165) is 30.5 Å². The highest BCUT2D eigenvalue weighted by atomic mass is 32.2. The van der Waals surface area contributed by atoms with Crippen LogP contribution < -0.4 is 14.9 Å². The topological polar surface area (TPSA) is 95.6 Å². The molecule has 3 rings (SSSR count). The molecule has 2 N–H and O–H groups in total. The molecule has 1 aromatic carbocycles. The number of hydrogen-bond donors (Lipinski definition) is 2. The van der Waals surface area contributed by atoms with E-state index in [0.29, 0.717) is 6.42 Å². The molecule has 28 heavy (non-hydrogen) atoms. The molecule has 1 aromatic rings. The van der Waals surface area contributed by atoms with Crippen molar-refractivity contribution in [1.29, 1.82) is 0 Å². The summed E-state index contributed by atoms with van der Waals surface area (Å²) in [6.45, 7) is 5.92. The molecule has 1 saturated carbocycles. The molecule has 0 saturated heterocycles. The third-order valence-corrected chi connectivity index (χ3v) is 6.86. The molecule has 0 unspecified atom stereocenters. The predicted octanol–water partition coefficient (Wildman–Crippen LogP) is 1.96. The van der Waals surface area contributed by atoms with E-state index in [1.165, 1.54) is 6.07 Å². The summed E-state index contributed by atoms with van der Waals surface area (Å²) in [5, 5.41) is 2.81. The molecular weight excluding hydrogens is 378 g/mol. The number of amides is 2. The van der Waals surface area contributed by atoms with Crippen molar-refractivity contribution in [2.24, 2.45) is 5.92 Å². The summed E-state index contributed by atoms with van der Waals surface area (Å²) in [5.74, 6) is 0.0985. The highest BCUT2D eigenvalue weighted by Crippen LogP contribution is 2.39. The van der Waals surface area contributed by atoms with Gasteiger partial charge in [-0.2, -0.15) is 0 Å². The number of benzene rings is 1. The maximum Gasteiger partial charge on any atom is 0.240 e. The van der Waals surface area contributed by atoms with Crippen LogP contribution in [0.5, 0.6) is 0 Å². The second-order valence-corrected chi connectivity index (χ2v) is 9.62. The van der Waals surface area contributed by atoms with Gasteiger partial charge >= 0.3 is 0 Å². The van der Waals surface area contributed by atoms with E-state index in [1.807, 2.05) is 25.7 Å². The van der Waals surface area contributed by atoms with Gasteiger partial charge in [-0.25, -0.2) is 13.1 Å². The van der Waals surface area contributed by atoms with Crippen LogP contribution in [0, 0.1) is 5.92 Å². The second kappa shape index (κ2) is 8.21. The lowest BCUT2D eigenvalue weighted by molar-refractivity contribution is -0.121. The molecular formula is C20H29N3O4S. The Kier molecular flexibility index (Phi) is 6.09. The van der Waals surface area contributed by atoms with Crippen LogP contribution in [0.4, 0.5) is 5.69 Å². The van der Waals surface area contributed by atoms with E-state index in [-0.39, 0.29) is 47.7 Å². The van der Waals surface area contributed by atoms with Crippen molar-refractivity contribution in [3.63, 3.8) is 0 Å². The molecule has 1 fully saturated rings. The minimum atomic E-state index is -3.70. The third-order valence-electron chi connectivity index (χ3n) is 5.40. The fourth-order valence-electron chi connectivity index (χ4n) is 3.47. The Hall–Kier alpha value is -1.93. The zero-order valence-corrected chi connectivity index (χ0v) is 17.5. The lowest BCUT2D eigenvalue weighted by atomic mass is 10.1. The SMILES string of the molecule is CC[C@H](C)NC(=O)CCNS(=O)(=O)c1ccc2c(c1)C[C@H](C)N2C(=O)C1CC1. The quantitative estimate of drug-likeness (QED) is 0.689. The van der Waals surface area contributed by atoms with Crippen molar-refractivity contribution in [3.05, 3.63) is 23.8 Å². The number of anilines is 1. The summed E-state index contributed by atoms with van der Waals surface area (Å²) in [5.41, 5.74) is 1.69. The lowest BCUT2D eigenvalue weighted by Crippen LogP contribution is -2.36. The molecule has 2 atom stereocenters. The zero-order valence-electron chi connectivity index (χ0n) is 16.7. The Bertz CT molecular complexity index is 864. The molecule has 0 aromatic heterocycles. The molecule has 8 heteroatoms. The van der Waals surface area contributed by atoms with Gasteiger partial charge in [-0.3, -0.25) is 9.59 Å². The summed E-state index contributed by atoms with van der Waals surface area (Å²) >= 11 is 0. The number of rotatable bonds is 8. The second-order valence-electron chi connectivity index (χ2n) is 7.85. The van der Waals surface area contributed by atoms with Crippen molar-refractivity contribution in [1.82, 2.24) is 10.0 Å². The van der Waals surface area contributed by atoms with Gasteiger partial charge in [-0.1, -0.05) is 6.92 Å². The molecule has 1 aliphatic heterocycles. The fraction of sp³-hybridized carbons (Fsp3) is 0.600. The van der Waals surface area contributed by atoms with Crippen molar-refractivity contribution in [3.8, 4) is 0 Å². The van der Waals surface area contributed by atoms with Crippen LogP contribution >= 0.6 is 0 Å². The largest absolute Gasteiger partial charge is 0.354 e. The number of carbonyl (C=O) groups is 2. The van der Waals surface area contributed by atoms with Crippen molar-refractivity contribution < 1.29 is 18.0 Å². The van der Waals surface area contributed by atoms with E-state index >= 15 is 0 Å². The van der Waals surface area contributed by atoms with Gasteiger partial charge in [-0.15, -0.1) is 0 Å². The predicted molar refractivity (Wildman–Crippen MR) is 108 cm³/mol. The van der Waals surface area contributed by atoms with Crippen LogP contribution in [0.15, 0.2) is 23.1 Å². The van der Waals surface area contributed by atoms with Gasteiger partial charge in [0.1, 0.15) is 0 Å². The summed E-state index contributed by atoms with van der Waals surface area (Å²) in [7, 11) is -3.70. The molecule has 0 bridgehead atoms. The van der Waals surface area contributed by atoms with E-state index in [1.54, 1.807) is 12.1 Å². The summed E-state index contributed by atoms with van der Waals surface area (Å²) in [6.07, 6.45) is 3.45. The molecule has 2 amide bonds. The Balaban J connectivity index is 1.65. The number of nitrogens with zero attached hydrogens (tertiary/aromatic N) is 1. The third kappa shape index (κ3) is 4.55. The van der Waals surface area contributed by atoms with Gasteiger partial charge in [-0.05, 0) is 63.3 Å². The standard InChI is InChI=1S/C20H29N3O4S/c1-4-13(2)22-19(24)9-10-21-28(26,27)17-7-8-18-16(12-17)11-14(3)23(18)20(25)15-5-6-15/h7-8,12-15,21H,4-6,9-11H2,1-3H3,(H,22,24)/t13-,14-/m0/s1. The monoisotopic (exact) mass is 407 g/mol. The van der Waals surface area contributed by atoms with Crippen molar-refractivity contribution >= 4 is 27.5 Å². The first kappa shape index (κ1) is 20.8. The van der Waals surface area contributed by atoms with Crippen molar-refractivity contribution in [2.45, 2.75) is 69.9 Å². The number of nitrogens with one attached hydrogen (secondary N) is 2. The Morgan fingerprint density at radius 2 is 2.00 bits per heavy atom. The summed E-state index contributed by atoms with van der Waals surface area (Å²) < 4.78 is 27.7. The highest BCUT2D eigenvalue weighted by Gasteiger charge is 2.39. The average Bonchev–Trinajstić information content (AvgIpc) is 3.42. The first-order chi connectivity index (χ1) is 13.2. The number of carbonyl (C=O) groups excluding carboxylic acids is 2. The molecule has 0 radical (unpaired) electrons. The first-order valence-electron chi connectivity index (χ1n) is 9.98. The minimum Gasteiger partial charge on any atom is -0.354 e. The molecule has 7 nitrogen and oxygen atoms in total. The van der Waals surface area contributed by atoms with Gasteiger partial charge in [0.2, 0.25) is 21.8 Å². The van der Waals surface area contributed by atoms with E-state index in [4.69, 9.17) is 0 Å². The molecule has 1 heterocycles. The highest BCUT2D eigenvalue weighted by molar-refractivity contribution is 7.89. The normalized spacial score (nSPS) is 20.0. The number of hydrogen-bond acceptors (Lipinski definition) is 4. The smallest absolute Gasteiger partial charge is 0.240 e. The van der Waals surface area contributed by atoms with Gasteiger partial charge in [0.25, 0.3) is 0 Å². The van der Waals surface area contributed by atoms with Gasteiger partial charge in [0, 0.05) is 36.7 Å². The van der Waals surface area contributed by atoms with Crippen LogP contribution in [0.1, 0.15) is 52.0 Å². The number of fused-ring (bicyclic) bond motifs is 1.